The van der Waals surface area contributed by atoms with Crippen molar-refractivity contribution in [3.05, 3.63) is 76.0 Å². The smallest absolute Gasteiger partial charge is 0.338 e. The van der Waals surface area contributed by atoms with Crippen LogP contribution in [0.25, 0.3) is 6.08 Å². The fourth-order valence-corrected chi connectivity index (χ4v) is 5.96. The average molecular weight is 634 g/mol. The Morgan fingerprint density at radius 1 is 1.24 bits per heavy atom. The molecule has 0 amide bonds. The number of allylic oxidation sites excluding steroid dienone is 1. The fourth-order valence-electron chi connectivity index (χ4n) is 4.28. The number of thiazole rings is 1. The van der Waals surface area contributed by atoms with Gasteiger partial charge in [-0.15, -0.1) is 0 Å². The molecule has 2 aliphatic rings. The molecule has 0 fully saturated rings. The van der Waals surface area contributed by atoms with E-state index in [1.54, 1.807) is 44.2 Å². The number of carbonyl (C=O) groups excluding carboxylic acids is 1. The first-order valence-corrected chi connectivity index (χ1v) is 13.5. The van der Waals surface area contributed by atoms with E-state index in [0.717, 1.165) is 0 Å². The van der Waals surface area contributed by atoms with Gasteiger partial charge in [-0.2, -0.15) is 0 Å². The van der Waals surface area contributed by atoms with Crippen molar-refractivity contribution in [3.8, 4) is 23.0 Å². The van der Waals surface area contributed by atoms with E-state index in [-0.39, 0.29) is 30.3 Å². The van der Waals surface area contributed by atoms with Gasteiger partial charge >= 0.3 is 5.97 Å². The van der Waals surface area contributed by atoms with Crippen LogP contribution < -0.4 is 29.1 Å². The fraction of sp³-hybridized carbons (Fsp3) is 0.269. The van der Waals surface area contributed by atoms with Gasteiger partial charge in [0.05, 0.1) is 38.6 Å². The van der Waals surface area contributed by atoms with Crippen molar-refractivity contribution >= 4 is 46.0 Å². The summed E-state index contributed by atoms with van der Waals surface area (Å²) in [4.78, 5) is 31.9. The van der Waals surface area contributed by atoms with Crippen LogP contribution in [0.15, 0.2) is 51.4 Å². The van der Waals surface area contributed by atoms with Gasteiger partial charge < -0.3 is 24.1 Å². The van der Waals surface area contributed by atoms with Crippen LogP contribution in [-0.4, -0.2) is 35.6 Å². The van der Waals surface area contributed by atoms with Crippen molar-refractivity contribution in [3.63, 3.8) is 0 Å². The highest BCUT2D eigenvalue weighted by Crippen LogP contribution is 2.38. The molecule has 37 heavy (non-hydrogen) atoms. The van der Waals surface area contributed by atoms with Gasteiger partial charge in [0.1, 0.15) is 0 Å². The first-order chi connectivity index (χ1) is 17.8. The second-order valence-electron chi connectivity index (χ2n) is 8.20. The lowest BCUT2D eigenvalue weighted by Gasteiger charge is -2.24. The van der Waals surface area contributed by atoms with Crippen molar-refractivity contribution in [1.82, 2.24) is 4.57 Å². The van der Waals surface area contributed by atoms with E-state index < -0.39 is 12.0 Å². The molecule has 0 bridgehead atoms. The minimum atomic E-state index is -0.758. The lowest BCUT2D eigenvalue weighted by molar-refractivity contribution is -0.139. The number of halogens is 1. The Morgan fingerprint density at radius 2 is 2.03 bits per heavy atom. The number of rotatable bonds is 6. The molecule has 0 saturated heterocycles. The van der Waals surface area contributed by atoms with Crippen LogP contribution in [0.2, 0.25) is 0 Å². The summed E-state index contributed by atoms with van der Waals surface area (Å²) in [6.45, 7) is 5.98. The van der Waals surface area contributed by atoms with Gasteiger partial charge in [0.2, 0.25) is 6.79 Å². The van der Waals surface area contributed by atoms with Crippen LogP contribution in [-0.2, 0) is 9.53 Å². The predicted octanol–water partition coefficient (Wildman–Crippen LogP) is 3.24. The normalized spacial score (nSPS) is 16.4. The van der Waals surface area contributed by atoms with Crippen molar-refractivity contribution in [2.24, 2.45) is 4.99 Å². The zero-order valence-corrected chi connectivity index (χ0v) is 23.2. The summed E-state index contributed by atoms with van der Waals surface area (Å²) < 4.78 is 24.4. The Hall–Kier alpha value is -3.32. The molecule has 11 heteroatoms. The standard InChI is InChI=1S/C26H23IN2O7S/c1-4-33-19-9-14(8-16(27)23(19)30)10-20-24(31)29-22(15-6-7-17-18(11-15)36-12-35-17)21(25(32)34-5-2)13(3)28-26(29)37-20/h6-11,22,30H,4-5,12H2,1-3H3. The molecule has 3 aromatic rings. The monoisotopic (exact) mass is 634 g/mol. The maximum atomic E-state index is 13.8. The van der Waals surface area contributed by atoms with Crippen molar-refractivity contribution in [2.75, 3.05) is 20.0 Å². The van der Waals surface area contributed by atoms with Crippen LogP contribution in [0.4, 0.5) is 0 Å². The van der Waals surface area contributed by atoms with E-state index in [1.807, 2.05) is 35.6 Å². The van der Waals surface area contributed by atoms with Gasteiger partial charge in [-0.25, -0.2) is 9.79 Å². The predicted molar refractivity (Wildman–Crippen MR) is 145 cm³/mol. The molecule has 2 aromatic carbocycles. The third kappa shape index (κ3) is 4.61. The van der Waals surface area contributed by atoms with Crippen molar-refractivity contribution < 1.29 is 28.8 Å². The van der Waals surface area contributed by atoms with E-state index in [4.69, 9.17) is 18.9 Å². The molecule has 0 aliphatic carbocycles. The zero-order valence-electron chi connectivity index (χ0n) is 20.2. The van der Waals surface area contributed by atoms with Crippen molar-refractivity contribution in [1.29, 1.82) is 0 Å². The summed E-state index contributed by atoms with van der Waals surface area (Å²) >= 11 is 3.24. The topological polar surface area (TPSA) is 109 Å². The highest BCUT2D eigenvalue weighted by Gasteiger charge is 2.34. The van der Waals surface area contributed by atoms with Crippen LogP contribution in [0.3, 0.4) is 0 Å². The Balaban J connectivity index is 1.70. The molecule has 0 saturated carbocycles. The number of hydrogen-bond donors (Lipinski definition) is 1. The summed E-state index contributed by atoms with van der Waals surface area (Å²) in [5.41, 5.74) is 1.83. The summed E-state index contributed by atoms with van der Waals surface area (Å²) in [5, 5.41) is 10.3. The number of aromatic nitrogens is 1. The molecule has 3 heterocycles. The maximum absolute atomic E-state index is 13.8. The number of nitrogens with zero attached hydrogens (tertiary/aromatic N) is 2. The SMILES string of the molecule is CCOC(=O)C1=C(C)N=c2sc(=Cc3cc(I)c(O)c(OCC)c3)c(=O)n2C1c1ccc2c(c1)OCO2. The zero-order chi connectivity index (χ0) is 26.3. The molecule has 1 atom stereocenters. The number of aromatic hydroxyl groups is 1. The molecular formula is C26H23IN2O7S. The van der Waals surface area contributed by atoms with Crippen LogP contribution in [0.1, 0.15) is 37.9 Å². The van der Waals surface area contributed by atoms with Gasteiger partial charge in [0.15, 0.2) is 27.8 Å². The average Bonchev–Trinajstić information content (AvgIpc) is 3.45. The van der Waals surface area contributed by atoms with Crippen LogP contribution >= 0.6 is 33.9 Å². The summed E-state index contributed by atoms with van der Waals surface area (Å²) in [6, 6.07) is 8.04. The molecule has 9 nitrogen and oxygen atoms in total. The number of carbonyl (C=O) groups is 1. The Labute approximate surface area is 229 Å². The van der Waals surface area contributed by atoms with Gasteiger partial charge in [0.25, 0.3) is 5.56 Å². The number of phenolic OH excluding ortho intramolecular Hbond substituents is 1. The quantitative estimate of drug-likeness (QED) is 0.328. The first-order valence-electron chi connectivity index (χ1n) is 11.6. The molecule has 5 rings (SSSR count). The van der Waals surface area contributed by atoms with E-state index >= 15 is 0 Å². The second kappa shape index (κ2) is 10.2. The third-order valence-electron chi connectivity index (χ3n) is 5.88. The third-order valence-corrected chi connectivity index (χ3v) is 7.68. The molecule has 0 radical (unpaired) electrons. The highest BCUT2D eigenvalue weighted by molar-refractivity contribution is 14.1. The van der Waals surface area contributed by atoms with Crippen molar-refractivity contribution in [2.45, 2.75) is 26.8 Å². The van der Waals surface area contributed by atoms with Gasteiger partial charge in [-0.3, -0.25) is 9.36 Å². The van der Waals surface area contributed by atoms with Gasteiger partial charge in [-0.1, -0.05) is 17.4 Å². The van der Waals surface area contributed by atoms with E-state index in [2.05, 4.69) is 4.99 Å². The highest BCUT2D eigenvalue weighted by atomic mass is 127. The number of hydrogen-bond acceptors (Lipinski definition) is 9. The molecular weight excluding hydrogens is 611 g/mol. The maximum Gasteiger partial charge on any atom is 0.338 e. The minimum absolute atomic E-state index is 0.0542. The molecule has 0 spiro atoms. The largest absolute Gasteiger partial charge is 0.504 e. The second-order valence-corrected chi connectivity index (χ2v) is 10.4. The Bertz CT molecular complexity index is 1620. The molecule has 192 valence electrons. The Morgan fingerprint density at radius 3 is 2.78 bits per heavy atom. The lowest BCUT2D eigenvalue weighted by atomic mass is 9.95. The summed E-state index contributed by atoms with van der Waals surface area (Å²) in [5.74, 6) is 1.00. The van der Waals surface area contributed by atoms with Gasteiger partial charge in [-0.05, 0) is 84.8 Å². The number of esters is 1. The van der Waals surface area contributed by atoms with E-state index in [9.17, 15) is 14.7 Å². The van der Waals surface area contributed by atoms with Crippen LogP contribution in [0, 0.1) is 3.57 Å². The summed E-state index contributed by atoms with van der Waals surface area (Å²) in [7, 11) is 0. The number of ether oxygens (including phenoxy) is 4. The number of phenols is 1. The number of benzene rings is 2. The molecule has 1 unspecified atom stereocenters. The molecule has 2 aliphatic heterocycles. The first kappa shape index (κ1) is 25.3. The number of fused-ring (bicyclic) bond motifs is 2. The summed E-state index contributed by atoms with van der Waals surface area (Å²) in [6.07, 6.45) is 1.73. The molecule has 1 aromatic heterocycles. The van der Waals surface area contributed by atoms with Gasteiger partial charge in [0, 0.05) is 0 Å². The lowest BCUT2D eigenvalue weighted by Crippen LogP contribution is -2.39. The van der Waals surface area contributed by atoms with E-state index in [1.165, 1.54) is 15.9 Å². The van der Waals surface area contributed by atoms with Crippen LogP contribution in [0.5, 0.6) is 23.0 Å². The van der Waals surface area contributed by atoms with E-state index in [0.29, 0.717) is 53.6 Å². The molecule has 1 N–H and O–H groups in total. The minimum Gasteiger partial charge on any atom is -0.504 e. The Kier molecular flexibility index (Phi) is 6.99.